The highest BCUT2D eigenvalue weighted by Gasteiger charge is 2.32. The number of anilines is 1. The van der Waals surface area contributed by atoms with Gasteiger partial charge in [-0.2, -0.15) is 0 Å². The predicted molar refractivity (Wildman–Crippen MR) is 116 cm³/mol. The Balaban J connectivity index is 1.41. The zero-order valence-electron chi connectivity index (χ0n) is 16.6. The Morgan fingerprint density at radius 1 is 1.23 bits per heavy atom. The fourth-order valence-corrected chi connectivity index (χ4v) is 4.42. The Bertz CT molecular complexity index is 1280. The monoisotopic (exact) mass is 439 g/mol. The zero-order chi connectivity index (χ0) is 21.5. The number of carbonyl (C=O) groups is 1. The maximum absolute atomic E-state index is 13.9. The van der Waals surface area contributed by atoms with Gasteiger partial charge in [-0.25, -0.2) is 8.78 Å². The number of benzene rings is 2. The standard InChI is InChI=1S/C22H19F2N5OS/c1-12(21(30)26-19-10-13(23)6-9-17(19)24)31-22-28-27-20(29(22)14-7-8-14)16-11-25-18-5-3-2-4-15(16)18/h2-6,9-12,14,25H,7-8H2,1H3,(H,26,30)/t12-/m1/s1. The Kier molecular flexibility index (Phi) is 4.97. The summed E-state index contributed by atoms with van der Waals surface area (Å²) in [6, 6.07) is 11.2. The molecule has 1 atom stereocenters. The van der Waals surface area contributed by atoms with E-state index in [1.54, 1.807) is 6.92 Å². The SMILES string of the molecule is C[C@@H](Sc1nnc(-c2c[nH]c3ccccc23)n1C1CC1)C(=O)Nc1cc(F)ccc1F. The van der Waals surface area contributed by atoms with Crippen LogP contribution in [0.3, 0.4) is 0 Å². The van der Waals surface area contributed by atoms with Crippen LogP contribution in [0.2, 0.25) is 0 Å². The molecule has 9 heteroatoms. The Labute approximate surface area is 181 Å². The van der Waals surface area contributed by atoms with Gasteiger partial charge in [-0.15, -0.1) is 10.2 Å². The summed E-state index contributed by atoms with van der Waals surface area (Å²) in [5.74, 6) is -0.983. The number of halogens is 2. The number of rotatable bonds is 6. The molecule has 1 amide bonds. The van der Waals surface area contributed by atoms with E-state index in [0.29, 0.717) is 5.16 Å². The number of H-pyrrole nitrogens is 1. The number of amides is 1. The van der Waals surface area contributed by atoms with Gasteiger partial charge in [0.1, 0.15) is 11.6 Å². The number of carbonyl (C=O) groups excluding carboxylic acids is 1. The number of aromatic nitrogens is 4. The van der Waals surface area contributed by atoms with Crippen molar-refractivity contribution in [1.29, 1.82) is 0 Å². The molecule has 0 bridgehead atoms. The lowest BCUT2D eigenvalue weighted by Gasteiger charge is -2.13. The fraction of sp³-hybridized carbons (Fsp3) is 0.227. The van der Waals surface area contributed by atoms with Crippen molar-refractivity contribution in [3.63, 3.8) is 0 Å². The van der Waals surface area contributed by atoms with Gasteiger partial charge in [0, 0.05) is 34.8 Å². The van der Waals surface area contributed by atoms with Crippen LogP contribution < -0.4 is 5.32 Å². The molecule has 1 aliphatic rings. The first kappa shape index (κ1) is 19.7. The Hall–Kier alpha value is -3.20. The van der Waals surface area contributed by atoms with Crippen molar-refractivity contribution < 1.29 is 13.6 Å². The maximum atomic E-state index is 13.9. The molecule has 1 fully saturated rings. The molecule has 2 aromatic heterocycles. The highest BCUT2D eigenvalue weighted by atomic mass is 32.2. The molecule has 5 rings (SSSR count). The van der Waals surface area contributed by atoms with Gasteiger partial charge in [0.15, 0.2) is 11.0 Å². The Morgan fingerprint density at radius 2 is 2.03 bits per heavy atom. The summed E-state index contributed by atoms with van der Waals surface area (Å²) >= 11 is 1.25. The second kappa shape index (κ2) is 7.81. The average Bonchev–Trinajstić information content (AvgIpc) is 3.38. The van der Waals surface area contributed by atoms with Gasteiger partial charge in [-0.05, 0) is 38.0 Å². The van der Waals surface area contributed by atoms with E-state index in [1.165, 1.54) is 11.8 Å². The van der Waals surface area contributed by atoms with Crippen molar-refractivity contribution >= 4 is 34.3 Å². The van der Waals surface area contributed by atoms with E-state index in [0.717, 1.165) is 53.3 Å². The van der Waals surface area contributed by atoms with Crippen LogP contribution in [0.4, 0.5) is 14.5 Å². The number of nitrogens with one attached hydrogen (secondary N) is 2. The first-order valence-corrected chi connectivity index (χ1v) is 10.8. The lowest BCUT2D eigenvalue weighted by Crippen LogP contribution is -2.23. The molecule has 158 valence electrons. The average molecular weight is 439 g/mol. The molecule has 6 nitrogen and oxygen atoms in total. The molecule has 0 saturated heterocycles. The van der Waals surface area contributed by atoms with E-state index in [1.807, 2.05) is 30.5 Å². The van der Waals surface area contributed by atoms with Crippen molar-refractivity contribution in [2.45, 2.75) is 36.2 Å². The number of fused-ring (bicyclic) bond motifs is 1. The molecule has 0 aliphatic heterocycles. The van der Waals surface area contributed by atoms with E-state index in [2.05, 4.69) is 25.1 Å². The maximum Gasteiger partial charge on any atom is 0.237 e. The lowest BCUT2D eigenvalue weighted by atomic mass is 10.1. The van der Waals surface area contributed by atoms with Gasteiger partial charge in [0.2, 0.25) is 5.91 Å². The third-order valence-electron chi connectivity index (χ3n) is 5.24. The van der Waals surface area contributed by atoms with Crippen LogP contribution in [-0.4, -0.2) is 30.9 Å². The summed E-state index contributed by atoms with van der Waals surface area (Å²) in [5, 5.41) is 12.3. The van der Waals surface area contributed by atoms with E-state index < -0.39 is 22.8 Å². The lowest BCUT2D eigenvalue weighted by molar-refractivity contribution is -0.115. The molecule has 31 heavy (non-hydrogen) atoms. The third-order valence-corrected chi connectivity index (χ3v) is 6.30. The molecule has 2 aromatic carbocycles. The molecular formula is C22H19F2N5OS. The van der Waals surface area contributed by atoms with Gasteiger partial charge in [0.05, 0.1) is 10.9 Å². The number of hydrogen-bond donors (Lipinski definition) is 2. The predicted octanol–water partition coefficient (Wildman–Crippen LogP) is 5.16. The topological polar surface area (TPSA) is 75.6 Å². The molecule has 1 aliphatic carbocycles. The quantitative estimate of drug-likeness (QED) is 0.407. The second-order valence-corrected chi connectivity index (χ2v) is 8.84. The van der Waals surface area contributed by atoms with Crippen molar-refractivity contribution in [1.82, 2.24) is 19.7 Å². The highest BCUT2D eigenvalue weighted by Crippen LogP contribution is 2.42. The molecular weight excluding hydrogens is 420 g/mol. The minimum atomic E-state index is -0.685. The third kappa shape index (κ3) is 3.81. The highest BCUT2D eigenvalue weighted by molar-refractivity contribution is 8.00. The van der Waals surface area contributed by atoms with E-state index in [-0.39, 0.29) is 11.7 Å². The van der Waals surface area contributed by atoms with Gasteiger partial charge in [0.25, 0.3) is 0 Å². The van der Waals surface area contributed by atoms with Crippen LogP contribution in [0.15, 0.2) is 53.8 Å². The van der Waals surface area contributed by atoms with Crippen LogP contribution in [-0.2, 0) is 4.79 Å². The largest absolute Gasteiger partial charge is 0.360 e. The summed E-state index contributed by atoms with van der Waals surface area (Å²) in [5.41, 5.74) is 1.79. The summed E-state index contributed by atoms with van der Waals surface area (Å²) in [7, 11) is 0. The van der Waals surface area contributed by atoms with E-state index in [9.17, 15) is 13.6 Å². The minimum absolute atomic E-state index is 0.180. The van der Waals surface area contributed by atoms with Crippen LogP contribution in [0.1, 0.15) is 25.8 Å². The summed E-state index contributed by atoms with van der Waals surface area (Å²) in [6.45, 7) is 1.70. The van der Waals surface area contributed by atoms with Crippen molar-refractivity contribution in [2.75, 3.05) is 5.32 Å². The number of hydrogen-bond acceptors (Lipinski definition) is 4. The van der Waals surface area contributed by atoms with Crippen LogP contribution in [0.25, 0.3) is 22.3 Å². The Morgan fingerprint density at radius 3 is 2.84 bits per heavy atom. The molecule has 1 saturated carbocycles. The number of aromatic amines is 1. The van der Waals surface area contributed by atoms with Gasteiger partial charge >= 0.3 is 0 Å². The summed E-state index contributed by atoms with van der Waals surface area (Å²) in [6.07, 6.45) is 3.97. The summed E-state index contributed by atoms with van der Waals surface area (Å²) in [4.78, 5) is 15.9. The first-order valence-electron chi connectivity index (χ1n) is 9.95. The van der Waals surface area contributed by atoms with E-state index in [4.69, 9.17) is 0 Å². The van der Waals surface area contributed by atoms with Crippen molar-refractivity contribution in [3.8, 4) is 11.4 Å². The minimum Gasteiger partial charge on any atom is -0.360 e. The number of para-hydroxylation sites is 1. The smallest absolute Gasteiger partial charge is 0.237 e. The van der Waals surface area contributed by atoms with Crippen molar-refractivity contribution in [2.24, 2.45) is 0 Å². The van der Waals surface area contributed by atoms with Crippen LogP contribution in [0, 0.1) is 11.6 Å². The van der Waals surface area contributed by atoms with E-state index >= 15 is 0 Å². The van der Waals surface area contributed by atoms with Crippen LogP contribution in [0.5, 0.6) is 0 Å². The van der Waals surface area contributed by atoms with Crippen LogP contribution >= 0.6 is 11.8 Å². The normalized spacial score (nSPS) is 14.7. The van der Waals surface area contributed by atoms with Crippen molar-refractivity contribution in [3.05, 3.63) is 60.3 Å². The van der Waals surface area contributed by atoms with Gasteiger partial charge < -0.3 is 10.3 Å². The molecule has 4 aromatic rings. The first-order chi connectivity index (χ1) is 15.0. The van der Waals surface area contributed by atoms with Gasteiger partial charge in [-0.1, -0.05) is 30.0 Å². The number of nitrogens with zero attached hydrogens (tertiary/aromatic N) is 3. The molecule has 0 spiro atoms. The summed E-state index contributed by atoms with van der Waals surface area (Å²) < 4.78 is 29.3. The van der Waals surface area contributed by atoms with Gasteiger partial charge in [-0.3, -0.25) is 9.36 Å². The zero-order valence-corrected chi connectivity index (χ0v) is 17.4. The molecule has 2 N–H and O–H groups in total. The fourth-order valence-electron chi connectivity index (χ4n) is 3.50. The molecule has 0 radical (unpaired) electrons. The second-order valence-electron chi connectivity index (χ2n) is 7.53. The molecule has 2 heterocycles. The number of thioether (sulfide) groups is 1. The molecule has 0 unspecified atom stereocenters.